The number of nitrogens with one attached hydrogen (secondary N) is 2. The van der Waals surface area contributed by atoms with Gasteiger partial charge in [-0.1, -0.05) is 6.42 Å². The first-order valence-electron chi connectivity index (χ1n) is 6.99. The topological polar surface area (TPSA) is 98.6 Å². The highest BCUT2D eigenvalue weighted by Gasteiger charge is 2.22. The molecule has 0 unspecified atom stereocenters. The summed E-state index contributed by atoms with van der Waals surface area (Å²) in [7, 11) is 0. The molecule has 0 aromatic carbocycles. The van der Waals surface area contributed by atoms with Crippen molar-refractivity contribution in [3.8, 4) is 6.07 Å². The van der Waals surface area contributed by atoms with Crippen LogP contribution < -0.4 is 10.9 Å². The monoisotopic (exact) mass is 314 g/mol. The van der Waals surface area contributed by atoms with Gasteiger partial charge in [-0.25, -0.2) is 4.98 Å². The molecule has 0 spiro atoms. The van der Waals surface area contributed by atoms with Crippen molar-refractivity contribution in [1.82, 2.24) is 9.97 Å². The summed E-state index contributed by atoms with van der Waals surface area (Å²) in [5, 5.41) is 14.0. The lowest BCUT2D eigenvalue weighted by Gasteiger charge is -2.22. The van der Waals surface area contributed by atoms with E-state index in [4.69, 9.17) is 5.26 Å². The van der Waals surface area contributed by atoms with Crippen LogP contribution in [0.3, 0.4) is 0 Å². The molecular weight excluding hydrogens is 300 g/mol. The Labute approximate surface area is 130 Å². The smallest absolute Gasteiger partial charge is 0.274 e. The van der Waals surface area contributed by atoms with E-state index in [0.29, 0.717) is 16.6 Å². The summed E-state index contributed by atoms with van der Waals surface area (Å²) in [6.07, 6.45) is 3.54. The van der Waals surface area contributed by atoms with E-state index in [1.165, 1.54) is 23.8 Å². The minimum Gasteiger partial charge on any atom is -0.316 e. The molecule has 22 heavy (non-hydrogen) atoms. The fraction of sp³-hybridized carbons (Fsp3) is 0.333. The minimum absolute atomic E-state index is 0.00410. The Morgan fingerprint density at radius 3 is 2.95 bits per heavy atom. The van der Waals surface area contributed by atoms with E-state index in [-0.39, 0.29) is 11.3 Å². The van der Waals surface area contributed by atoms with Crippen molar-refractivity contribution >= 4 is 22.4 Å². The zero-order valence-electron chi connectivity index (χ0n) is 12.0. The molecule has 2 aromatic rings. The highest BCUT2D eigenvalue weighted by atomic mass is 32.1. The molecule has 1 saturated carbocycles. The molecule has 2 N–H and O–H groups in total. The van der Waals surface area contributed by atoms with Gasteiger partial charge in [-0.3, -0.25) is 14.9 Å². The molecule has 0 atom stereocenters. The van der Waals surface area contributed by atoms with Crippen molar-refractivity contribution in [2.45, 2.75) is 32.1 Å². The van der Waals surface area contributed by atoms with Crippen LogP contribution >= 0.6 is 11.3 Å². The van der Waals surface area contributed by atoms with Crippen molar-refractivity contribution in [3.63, 3.8) is 0 Å². The van der Waals surface area contributed by atoms with Crippen molar-refractivity contribution in [1.29, 1.82) is 5.26 Å². The lowest BCUT2D eigenvalue weighted by Crippen LogP contribution is -2.22. The lowest BCUT2D eigenvalue weighted by molar-refractivity contribution is 0.102. The quantitative estimate of drug-likeness (QED) is 0.909. The molecule has 1 fully saturated rings. The molecule has 0 bridgehead atoms. The van der Waals surface area contributed by atoms with Crippen LogP contribution in [0.1, 0.15) is 52.5 Å². The Balaban J connectivity index is 1.80. The maximum absolute atomic E-state index is 12.3. The fourth-order valence-electron chi connectivity index (χ4n) is 2.35. The Bertz CT molecular complexity index is 827. The number of nitriles is 1. The van der Waals surface area contributed by atoms with Gasteiger partial charge in [0.15, 0.2) is 5.13 Å². The van der Waals surface area contributed by atoms with Crippen molar-refractivity contribution in [2.24, 2.45) is 0 Å². The molecule has 1 aliphatic rings. The van der Waals surface area contributed by atoms with Crippen LogP contribution in [-0.2, 0) is 0 Å². The molecular formula is C15H14N4O2S. The van der Waals surface area contributed by atoms with Gasteiger partial charge >= 0.3 is 0 Å². The van der Waals surface area contributed by atoms with Crippen LogP contribution in [0.5, 0.6) is 0 Å². The maximum atomic E-state index is 12.3. The van der Waals surface area contributed by atoms with E-state index >= 15 is 0 Å². The molecule has 2 heterocycles. The second kappa shape index (κ2) is 5.73. The largest absolute Gasteiger partial charge is 0.316 e. The highest BCUT2D eigenvalue weighted by Crippen LogP contribution is 2.37. The molecule has 1 amide bonds. The molecule has 0 saturated heterocycles. The Morgan fingerprint density at radius 2 is 2.32 bits per heavy atom. The molecule has 7 heteroatoms. The van der Waals surface area contributed by atoms with Gasteiger partial charge in [0.1, 0.15) is 17.3 Å². The van der Waals surface area contributed by atoms with Gasteiger partial charge in [-0.05, 0) is 31.4 Å². The molecule has 112 valence electrons. The van der Waals surface area contributed by atoms with E-state index in [2.05, 4.69) is 15.3 Å². The number of aryl methyl sites for hydroxylation is 1. The Kier molecular flexibility index (Phi) is 3.77. The highest BCUT2D eigenvalue weighted by molar-refractivity contribution is 7.14. The number of hydrogen-bond acceptors (Lipinski definition) is 5. The van der Waals surface area contributed by atoms with E-state index in [1.807, 2.05) is 5.38 Å². The predicted octanol–water partition coefficient (Wildman–Crippen LogP) is 2.53. The first-order chi connectivity index (χ1) is 10.6. The molecule has 2 aromatic heterocycles. The zero-order valence-corrected chi connectivity index (χ0v) is 12.8. The number of thiazole rings is 1. The van der Waals surface area contributed by atoms with E-state index in [1.54, 1.807) is 13.0 Å². The number of rotatable bonds is 3. The van der Waals surface area contributed by atoms with Gasteiger partial charge in [0.25, 0.3) is 11.5 Å². The number of pyridine rings is 1. The van der Waals surface area contributed by atoms with Gasteiger partial charge in [0.2, 0.25) is 0 Å². The van der Waals surface area contributed by atoms with Crippen molar-refractivity contribution in [3.05, 3.63) is 44.3 Å². The van der Waals surface area contributed by atoms with Crippen LogP contribution in [-0.4, -0.2) is 15.9 Å². The number of aromatic nitrogens is 2. The van der Waals surface area contributed by atoms with Crippen LogP contribution in [0.15, 0.2) is 16.2 Å². The van der Waals surface area contributed by atoms with Crippen molar-refractivity contribution in [2.75, 3.05) is 5.32 Å². The summed E-state index contributed by atoms with van der Waals surface area (Å²) in [6.45, 7) is 1.67. The maximum Gasteiger partial charge on any atom is 0.274 e. The van der Waals surface area contributed by atoms with Crippen LogP contribution in [0.2, 0.25) is 0 Å². The summed E-state index contributed by atoms with van der Waals surface area (Å²) in [4.78, 5) is 30.8. The SMILES string of the molecule is Cc1cc(C#N)c(=O)[nH]c1C(=O)Nc1nc(C2CCC2)cs1. The van der Waals surface area contributed by atoms with E-state index < -0.39 is 11.5 Å². The Morgan fingerprint density at radius 1 is 1.55 bits per heavy atom. The predicted molar refractivity (Wildman–Crippen MR) is 83.2 cm³/mol. The average Bonchev–Trinajstić information content (AvgIpc) is 2.86. The fourth-order valence-corrected chi connectivity index (χ4v) is 3.13. The molecule has 3 rings (SSSR count). The first-order valence-corrected chi connectivity index (χ1v) is 7.87. The van der Waals surface area contributed by atoms with Gasteiger partial charge < -0.3 is 4.98 Å². The molecule has 6 nitrogen and oxygen atoms in total. The van der Waals surface area contributed by atoms with Crippen LogP contribution in [0, 0.1) is 18.3 Å². The summed E-state index contributed by atoms with van der Waals surface area (Å²) >= 11 is 1.38. The number of aromatic amines is 1. The van der Waals surface area contributed by atoms with Gasteiger partial charge in [-0.15, -0.1) is 11.3 Å². The summed E-state index contributed by atoms with van der Waals surface area (Å²) in [6, 6.07) is 3.21. The minimum atomic E-state index is -0.562. The second-order valence-electron chi connectivity index (χ2n) is 5.34. The normalized spacial score (nSPS) is 14.2. The standard InChI is InChI=1S/C15H14N4O2S/c1-8-5-10(6-16)13(20)18-12(8)14(21)19-15-17-11(7-22-15)9-3-2-4-9/h5,7,9H,2-4H2,1H3,(H,18,20)(H,17,19,21). The first kappa shape index (κ1) is 14.5. The number of anilines is 1. The second-order valence-corrected chi connectivity index (χ2v) is 6.20. The third-order valence-corrected chi connectivity index (χ3v) is 4.63. The summed E-state index contributed by atoms with van der Waals surface area (Å²) in [5.41, 5.74) is 1.16. The summed E-state index contributed by atoms with van der Waals surface area (Å²) < 4.78 is 0. The van der Waals surface area contributed by atoms with Gasteiger partial charge in [-0.2, -0.15) is 5.26 Å². The van der Waals surface area contributed by atoms with Gasteiger partial charge in [0.05, 0.1) is 5.69 Å². The number of amides is 1. The number of hydrogen-bond donors (Lipinski definition) is 2. The number of carbonyl (C=O) groups excluding carboxylic acids is 1. The van der Waals surface area contributed by atoms with E-state index in [0.717, 1.165) is 18.5 Å². The van der Waals surface area contributed by atoms with E-state index in [9.17, 15) is 9.59 Å². The number of H-pyrrole nitrogens is 1. The molecule has 0 radical (unpaired) electrons. The third-order valence-electron chi connectivity index (χ3n) is 3.85. The molecule has 0 aliphatic heterocycles. The summed E-state index contributed by atoms with van der Waals surface area (Å²) in [5.74, 6) is 0.0898. The zero-order chi connectivity index (χ0) is 15.7. The molecule has 1 aliphatic carbocycles. The van der Waals surface area contributed by atoms with Crippen LogP contribution in [0.4, 0.5) is 5.13 Å². The number of nitrogens with zero attached hydrogens (tertiary/aromatic N) is 2. The third kappa shape index (κ3) is 2.65. The van der Waals surface area contributed by atoms with Gasteiger partial charge in [0, 0.05) is 11.3 Å². The average molecular weight is 314 g/mol. The van der Waals surface area contributed by atoms with Crippen LogP contribution in [0.25, 0.3) is 0 Å². The van der Waals surface area contributed by atoms with Crippen molar-refractivity contribution < 1.29 is 4.79 Å². The number of carbonyl (C=O) groups is 1. The lowest BCUT2D eigenvalue weighted by atomic mass is 9.83. The Hall–Kier alpha value is -2.46.